The van der Waals surface area contributed by atoms with Crippen molar-refractivity contribution in [2.45, 2.75) is 51.0 Å². The third kappa shape index (κ3) is 5.67. The summed E-state index contributed by atoms with van der Waals surface area (Å²) in [4.78, 5) is 28.5. The van der Waals surface area contributed by atoms with Crippen LogP contribution in [0.5, 0.6) is 0 Å². The summed E-state index contributed by atoms with van der Waals surface area (Å²) in [6.45, 7) is 0. The van der Waals surface area contributed by atoms with Gasteiger partial charge >= 0.3 is 0 Å². The van der Waals surface area contributed by atoms with Crippen LogP contribution in [-0.4, -0.2) is 22.8 Å². The number of hydrogen-bond donors (Lipinski definition) is 2. The van der Waals surface area contributed by atoms with Gasteiger partial charge in [-0.05, 0) is 18.4 Å². The van der Waals surface area contributed by atoms with E-state index in [1.807, 2.05) is 35.7 Å². The number of nitrogens with zero attached hydrogens (tertiary/aromatic N) is 1. The molecule has 1 aromatic heterocycles. The van der Waals surface area contributed by atoms with E-state index in [1.54, 1.807) is 0 Å². The monoisotopic (exact) mass is 357 g/mol. The molecule has 1 aliphatic carbocycles. The first kappa shape index (κ1) is 17.6. The van der Waals surface area contributed by atoms with Crippen LogP contribution >= 0.6 is 11.3 Å². The summed E-state index contributed by atoms with van der Waals surface area (Å²) in [5.74, 6) is -0.0851. The summed E-state index contributed by atoms with van der Waals surface area (Å²) in [5.41, 5.74) is 1.66. The SMILES string of the molecule is O=C(Cc1ccccc1)Nc1nc(CC(=O)NC2CCCCC2)cs1. The Morgan fingerprint density at radius 1 is 1.04 bits per heavy atom. The van der Waals surface area contributed by atoms with Crippen LogP contribution in [0.4, 0.5) is 5.13 Å². The minimum Gasteiger partial charge on any atom is -0.353 e. The molecule has 3 rings (SSSR count). The standard InChI is InChI=1S/C19H23N3O2S/c23-17(11-14-7-3-1-4-8-14)22-19-21-16(13-25-19)12-18(24)20-15-9-5-2-6-10-15/h1,3-4,7-8,13,15H,2,5-6,9-12H2,(H,20,24)(H,21,22,23). The van der Waals surface area contributed by atoms with Gasteiger partial charge in [-0.15, -0.1) is 11.3 Å². The Labute approximate surface area is 151 Å². The first-order chi connectivity index (χ1) is 12.2. The fourth-order valence-electron chi connectivity index (χ4n) is 3.08. The lowest BCUT2D eigenvalue weighted by Crippen LogP contribution is -2.37. The van der Waals surface area contributed by atoms with Gasteiger partial charge in [0, 0.05) is 11.4 Å². The Bertz CT molecular complexity index is 708. The second-order valence-electron chi connectivity index (χ2n) is 6.43. The van der Waals surface area contributed by atoms with Gasteiger partial charge in [0.25, 0.3) is 0 Å². The minimum atomic E-state index is -0.0984. The van der Waals surface area contributed by atoms with Crippen LogP contribution in [0.1, 0.15) is 43.4 Å². The summed E-state index contributed by atoms with van der Waals surface area (Å²) in [6.07, 6.45) is 6.38. The lowest BCUT2D eigenvalue weighted by Gasteiger charge is -2.22. The van der Waals surface area contributed by atoms with Gasteiger partial charge in [0.15, 0.2) is 5.13 Å². The van der Waals surface area contributed by atoms with Crippen LogP contribution in [0.2, 0.25) is 0 Å². The average molecular weight is 357 g/mol. The number of benzene rings is 1. The Balaban J connectivity index is 1.46. The molecule has 1 saturated carbocycles. The number of hydrogen-bond acceptors (Lipinski definition) is 4. The van der Waals surface area contributed by atoms with Crippen molar-refractivity contribution in [1.82, 2.24) is 10.3 Å². The molecular weight excluding hydrogens is 334 g/mol. The molecule has 0 aliphatic heterocycles. The summed E-state index contributed by atoms with van der Waals surface area (Å²) < 4.78 is 0. The number of carbonyl (C=O) groups excluding carboxylic acids is 2. The molecule has 5 nitrogen and oxygen atoms in total. The smallest absolute Gasteiger partial charge is 0.230 e. The quantitative estimate of drug-likeness (QED) is 0.833. The molecule has 0 saturated heterocycles. The van der Waals surface area contributed by atoms with E-state index in [0.717, 1.165) is 18.4 Å². The Morgan fingerprint density at radius 2 is 1.80 bits per heavy atom. The van der Waals surface area contributed by atoms with Crippen molar-refractivity contribution in [2.24, 2.45) is 0 Å². The predicted molar refractivity (Wildman–Crippen MR) is 99.6 cm³/mol. The molecule has 0 radical (unpaired) electrons. The number of amides is 2. The molecule has 1 fully saturated rings. The van der Waals surface area contributed by atoms with E-state index in [9.17, 15) is 9.59 Å². The molecule has 1 aromatic carbocycles. The predicted octanol–water partition coefficient (Wildman–Crippen LogP) is 3.32. The zero-order valence-electron chi connectivity index (χ0n) is 14.2. The van der Waals surface area contributed by atoms with Crippen LogP contribution in [0.15, 0.2) is 35.7 Å². The van der Waals surface area contributed by atoms with E-state index in [-0.39, 0.29) is 18.2 Å². The van der Waals surface area contributed by atoms with Gasteiger partial charge in [0.05, 0.1) is 18.5 Å². The molecule has 2 aromatic rings. The Hall–Kier alpha value is -2.21. The zero-order chi connectivity index (χ0) is 17.5. The van der Waals surface area contributed by atoms with E-state index in [0.29, 0.717) is 23.3 Å². The van der Waals surface area contributed by atoms with Crippen LogP contribution in [0.3, 0.4) is 0 Å². The van der Waals surface area contributed by atoms with Crippen molar-refractivity contribution < 1.29 is 9.59 Å². The minimum absolute atomic E-state index is 0.0133. The molecule has 1 heterocycles. The van der Waals surface area contributed by atoms with E-state index in [1.165, 1.54) is 30.6 Å². The van der Waals surface area contributed by atoms with Gasteiger partial charge in [-0.3, -0.25) is 9.59 Å². The normalized spacial score (nSPS) is 14.9. The molecule has 0 unspecified atom stereocenters. The van der Waals surface area contributed by atoms with Gasteiger partial charge in [-0.2, -0.15) is 0 Å². The van der Waals surface area contributed by atoms with Crippen molar-refractivity contribution in [3.63, 3.8) is 0 Å². The summed E-state index contributed by atoms with van der Waals surface area (Å²) in [7, 11) is 0. The molecule has 0 atom stereocenters. The molecule has 2 N–H and O–H groups in total. The summed E-state index contributed by atoms with van der Waals surface area (Å²) >= 11 is 1.35. The van der Waals surface area contributed by atoms with Crippen molar-refractivity contribution >= 4 is 28.3 Å². The molecule has 6 heteroatoms. The number of carbonyl (C=O) groups is 2. The number of nitrogens with one attached hydrogen (secondary N) is 2. The van der Waals surface area contributed by atoms with Crippen molar-refractivity contribution in [3.05, 3.63) is 47.0 Å². The lowest BCUT2D eigenvalue weighted by atomic mass is 9.95. The summed E-state index contributed by atoms with van der Waals surface area (Å²) in [6, 6.07) is 9.90. The largest absolute Gasteiger partial charge is 0.353 e. The molecule has 0 bridgehead atoms. The van der Waals surface area contributed by atoms with Crippen LogP contribution in [0, 0.1) is 0 Å². The fraction of sp³-hybridized carbons (Fsp3) is 0.421. The van der Waals surface area contributed by atoms with Crippen LogP contribution in [0.25, 0.3) is 0 Å². The van der Waals surface area contributed by atoms with E-state index >= 15 is 0 Å². The Morgan fingerprint density at radius 3 is 2.56 bits per heavy atom. The zero-order valence-corrected chi connectivity index (χ0v) is 15.0. The lowest BCUT2D eigenvalue weighted by molar-refractivity contribution is -0.121. The second kappa shape index (κ2) is 8.76. The van der Waals surface area contributed by atoms with Crippen molar-refractivity contribution in [1.29, 1.82) is 0 Å². The van der Waals surface area contributed by atoms with Crippen LogP contribution in [-0.2, 0) is 22.4 Å². The van der Waals surface area contributed by atoms with Gasteiger partial charge in [0.2, 0.25) is 11.8 Å². The maximum atomic E-state index is 12.1. The highest BCUT2D eigenvalue weighted by Gasteiger charge is 2.17. The van der Waals surface area contributed by atoms with E-state index in [4.69, 9.17) is 0 Å². The average Bonchev–Trinajstić information content (AvgIpc) is 3.03. The number of thiazole rings is 1. The first-order valence-electron chi connectivity index (χ1n) is 8.76. The van der Waals surface area contributed by atoms with Crippen molar-refractivity contribution in [2.75, 3.05) is 5.32 Å². The molecule has 132 valence electrons. The number of rotatable bonds is 6. The highest BCUT2D eigenvalue weighted by atomic mass is 32.1. The maximum absolute atomic E-state index is 12.1. The Kier molecular flexibility index (Phi) is 6.17. The van der Waals surface area contributed by atoms with E-state index < -0.39 is 0 Å². The van der Waals surface area contributed by atoms with Crippen molar-refractivity contribution in [3.8, 4) is 0 Å². The third-order valence-electron chi connectivity index (χ3n) is 4.32. The van der Waals surface area contributed by atoms with Gasteiger partial charge in [-0.25, -0.2) is 4.98 Å². The molecule has 25 heavy (non-hydrogen) atoms. The van der Waals surface area contributed by atoms with Gasteiger partial charge in [-0.1, -0.05) is 49.6 Å². The van der Waals surface area contributed by atoms with Gasteiger partial charge < -0.3 is 10.6 Å². The fourth-order valence-corrected chi connectivity index (χ4v) is 3.81. The topological polar surface area (TPSA) is 71.1 Å². The molecule has 0 spiro atoms. The summed E-state index contributed by atoms with van der Waals surface area (Å²) in [5, 5.41) is 8.27. The van der Waals surface area contributed by atoms with Crippen LogP contribution < -0.4 is 10.6 Å². The number of aromatic nitrogens is 1. The second-order valence-corrected chi connectivity index (χ2v) is 7.29. The molecule has 1 aliphatic rings. The highest BCUT2D eigenvalue weighted by molar-refractivity contribution is 7.13. The molecular formula is C19H23N3O2S. The molecule has 2 amide bonds. The van der Waals surface area contributed by atoms with E-state index in [2.05, 4.69) is 15.6 Å². The number of anilines is 1. The first-order valence-corrected chi connectivity index (χ1v) is 9.64. The third-order valence-corrected chi connectivity index (χ3v) is 5.12. The van der Waals surface area contributed by atoms with Gasteiger partial charge in [0.1, 0.15) is 0 Å². The maximum Gasteiger partial charge on any atom is 0.230 e. The highest BCUT2D eigenvalue weighted by Crippen LogP contribution is 2.19.